The lowest BCUT2D eigenvalue weighted by molar-refractivity contribution is -0.664. The highest BCUT2D eigenvalue weighted by atomic mass is 16.5. The Morgan fingerprint density at radius 2 is 1.58 bits per heavy atom. The quantitative estimate of drug-likeness (QED) is 0.550. The Morgan fingerprint density at radius 1 is 0.935 bits per heavy atom. The van der Waals surface area contributed by atoms with Gasteiger partial charge in [-0.15, -0.1) is 0 Å². The van der Waals surface area contributed by atoms with Gasteiger partial charge in [-0.3, -0.25) is 14.4 Å². The van der Waals surface area contributed by atoms with Gasteiger partial charge in [0.2, 0.25) is 17.7 Å². The molecule has 0 radical (unpaired) electrons. The molecular formula is C22H37N4O5+. The number of hydrogen-bond acceptors (Lipinski definition) is 5. The van der Waals surface area contributed by atoms with E-state index in [1.54, 1.807) is 16.7 Å². The molecule has 3 N–H and O–H groups in total. The van der Waals surface area contributed by atoms with Crippen molar-refractivity contribution in [1.29, 1.82) is 0 Å². The molecule has 2 atom stereocenters. The minimum atomic E-state index is -0.816. The molecule has 1 saturated carbocycles. The maximum atomic E-state index is 13.3. The monoisotopic (exact) mass is 437 g/mol. The van der Waals surface area contributed by atoms with Gasteiger partial charge in [0.1, 0.15) is 12.1 Å². The van der Waals surface area contributed by atoms with Gasteiger partial charge in [0, 0.05) is 37.8 Å². The van der Waals surface area contributed by atoms with Crippen LogP contribution in [0.5, 0.6) is 0 Å². The number of ether oxygens (including phenoxy) is 1. The van der Waals surface area contributed by atoms with E-state index in [2.05, 4.69) is 10.6 Å². The average molecular weight is 438 g/mol. The molecule has 0 spiro atoms. The van der Waals surface area contributed by atoms with E-state index >= 15 is 0 Å². The van der Waals surface area contributed by atoms with Crippen LogP contribution in [0.3, 0.4) is 0 Å². The van der Waals surface area contributed by atoms with E-state index in [1.807, 2.05) is 0 Å². The first kappa shape index (κ1) is 23.5. The zero-order chi connectivity index (χ0) is 22.4. The summed E-state index contributed by atoms with van der Waals surface area (Å²) in [7, 11) is 1.27. The number of hydrogen-bond donors (Lipinski definition) is 2. The van der Waals surface area contributed by atoms with Crippen LogP contribution >= 0.6 is 0 Å². The van der Waals surface area contributed by atoms with Crippen LogP contribution in [0.2, 0.25) is 0 Å². The van der Waals surface area contributed by atoms with E-state index in [-0.39, 0.29) is 30.2 Å². The second kappa shape index (κ2) is 10.9. The van der Waals surface area contributed by atoms with Crippen molar-refractivity contribution in [3.63, 3.8) is 0 Å². The number of amides is 3. The fourth-order valence-electron chi connectivity index (χ4n) is 5.03. The van der Waals surface area contributed by atoms with Crippen molar-refractivity contribution in [1.82, 2.24) is 15.1 Å². The summed E-state index contributed by atoms with van der Waals surface area (Å²) in [4.78, 5) is 54.6. The Morgan fingerprint density at radius 3 is 2.23 bits per heavy atom. The summed E-state index contributed by atoms with van der Waals surface area (Å²) in [6.45, 7) is 4.42. The Labute approximate surface area is 184 Å². The molecule has 0 aromatic heterocycles. The maximum Gasteiger partial charge on any atom is 0.328 e. The van der Waals surface area contributed by atoms with E-state index in [9.17, 15) is 19.2 Å². The fourth-order valence-corrected chi connectivity index (χ4v) is 5.03. The number of methoxy groups -OCH3 is 1. The van der Waals surface area contributed by atoms with E-state index in [0.29, 0.717) is 13.1 Å². The number of piperidine rings is 1. The van der Waals surface area contributed by atoms with Gasteiger partial charge < -0.3 is 25.2 Å². The molecular weight excluding hydrogens is 400 g/mol. The number of piperazine rings is 1. The largest absolute Gasteiger partial charge is 0.467 e. The van der Waals surface area contributed by atoms with Crippen molar-refractivity contribution < 1.29 is 29.2 Å². The molecule has 3 amide bonds. The standard InChI is InChI=1S/C22H36N4O5/c1-15(22(30)31-2)24-19(27)18-14-25(20(28)17-8-10-23-11-9-17)12-13-26(18)21(29)16-6-4-3-5-7-16/h15-18,23H,3-14H2,1-2H3,(H,24,27)/p+1/t15-,18+/m1/s1. The molecule has 9 nitrogen and oxygen atoms in total. The predicted molar refractivity (Wildman–Crippen MR) is 113 cm³/mol. The van der Waals surface area contributed by atoms with Crippen molar-refractivity contribution >= 4 is 23.7 Å². The van der Waals surface area contributed by atoms with Crippen LogP contribution in [0.15, 0.2) is 0 Å². The normalized spacial score (nSPS) is 24.4. The second-order valence-electron chi connectivity index (χ2n) is 9.06. The van der Waals surface area contributed by atoms with Gasteiger partial charge >= 0.3 is 5.97 Å². The van der Waals surface area contributed by atoms with Crippen LogP contribution in [0.25, 0.3) is 0 Å². The number of nitrogens with one attached hydrogen (secondary N) is 1. The van der Waals surface area contributed by atoms with E-state index in [4.69, 9.17) is 4.74 Å². The van der Waals surface area contributed by atoms with Gasteiger partial charge in [-0.1, -0.05) is 19.3 Å². The van der Waals surface area contributed by atoms with Gasteiger partial charge in [0.25, 0.3) is 0 Å². The molecule has 0 bridgehead atoms. The highest BCUT2D eigenvalue weighted by Gasteiger charge is 2.41. The maximum absolute atomic E-state index is 13.3. The minimum Gasteiger partial charge on any atom is -0.467 e. The molecule has 0 unspecified atom stereocenters. The molecule has 9 heteroatoms. The Balaban J connectivity index is 1.73. The van der Waals surface area contributed by atoms with Gasteiger partial charge in [0.15, 0.2) is 0 Å². The number of nitrogens with two attached hydrogens (primary N) is 1. The SMILES string of the molecule is COC(=O)[C@@H](C)NC(=O)[C@@H]1CN(C(=O)C2CC[NH2+]CC2)CCN1C(=O)C1CCCCC1. The van der Waals surface area contributed by atoms with Gasteiger partial charge in [0.05, 0.1) is 26.7 Å². The molecule has 3 fully saturated rings. The van der Waals surface area contributed by atoms with Gasteiger partial charge in [-0.2, -0.15) is 0 Å². The minimum absolute atomic E-state index is 0.00457. The number of rotatable bonds is 5. The third-order valence-electron chi connectivity index (χ3n) is 6.93. The summed E-state index contributed by atoms with van der Waals surface area (Å²) in [6, 6.07) is -1.60. The smallest absolute Gasteiger partial charge is 0.328 e. The summed E-state index contributed by atoms with van der Waals surface area (Å²) in [6.07, 6.45) is 6.60. The molecule has 174 valence electrons. The first-order valence-electron chi connectivity index (χ1n) is 11.7. The molecule has 2 saturated heterocycles. The number of quaternary nitrogens is 1. The Kier molecular flexibility index (Phi) is 8.28. The molecule has 2 aliphatic heterocycles. The van der Waals surface area contributed by atoms with Crippen molar-refractivity contribution in [3.8, 4) is 0 Å². The highest BCUT2D eigenvalue weighted by molar-refractivity contribution is 5.92. The van der Waals surface area contributed by atoms with Crippen LogP contribution in [0, 0.1) is 11.8 Å². The highest BCUT2D eigenvalue weighted by Crippen LogP contribution is 2.27. The number of esters is 1. The van der Waals surface area contributed by atoms with Crippen molar-refractivity contribution in [2.24, 2.45) is 11.8 Å². The second-order valence-corrected chi connectivity index (χ2v) is 9.06. The molecule has 0 aromatic carbocycles. The van der Waals surface area contributed by atoms with Crippen LogP contribution in [0.4, 0.5) is 0 Å². The lowest BCUT2D eigenvalue weighted by Crippen LogP contribution is -2.86. The van der Waals surface area contributed by atoms with Crippen LogP contribution in [-0.4, -0.2) is 85.4 Å². The van der Waals surface area contributed by atoms with E-state index in [0.717, 1.165) is 58.0 Å². The summed E-state index contributed by atoms with van der Waals surface area (Å²) in [5.41, 5.74) is 0. The third-order valence-corrected chi connectivity index (χ3v) is 6.93. The Hall–Kier alpha value is -2.16. The fraction of sp³-hybridized carbons (Fsp3) is 0.818. The lowest BCUT2D eigenvalue weighted by atomic mass is 9.87. The molecule has 1 aliphatic carbocycles. The molecule has 0 aromatic rings. The third kappa shape index (κ3) is 5.75. The molecule has 31 heavy (non-hydrogen) atoms. The van der Waals surface area contributed by atoms with E-state index < -0.39 is 24.0 Å². The molecule has 3 aliphatic rings. The topological polar surface area (TPSA) is 113 Å². The zero-order valence-electron chi connectivity index (χ0n) is 18.8. The van der Waals surface area contributed by atoms with Crippen LogP contribution in [0.1, 0.15) is 51.9 Å². The first-order chi connectivity index (χ1) is 14.9. The number of carbonyl (C=O) groups excluding carboxylic acids is 4. The zero-order valence-corrected chi connectivity index (χ0v) is 18.8. The number of nitrogens with zero attached hydrogens (tertiary/aromatic N) is 2. The summed E-state index contributed by atoms with van der Waals surface area (Å²) < 4.78 is 4.71. The summed E-state index contributed by atoms with van der Waals surface area (Å²) in [5, 5.41) is 4.89. The first-order valence-corrected chi connectivity index (χ1v) is 11.7. The van der Waals surface area contributed by atoms with E-state index in [1.165, 1.54) is 7.11 Å². The lowest BCUT2D eigenvalue weighted by Gasteiger charge is -2.43. The summed E-state index contributed by atoms with van der Waals surface area (Å²) in [5.74, 6) is -0.930. The average Bonchev–Trinajstić information content (AvgIpc) is 2.83. The van der Waals surface area contributed by atoms with Crippen molar-refractivity contribution in [2.75, 3.05) is 39.8 Å². The van der Waals surface area contributed by atoms with Crippen molar-refractivity contribution in [3.05, 3.63) is 0 Å². The predicted octanol–water partition coefficient (Wildman–Crippen LogP) is -0.743. The number of carbonyl (C=O) groups is 4. The van der Waals surface area contributed by atoms with Crippen molar-refractivity contribution in [2.45, 2.75) is 64.0 Å². The van der Waals surface area contributed by atoms with Gasteiger partial charge in [-0.05, 0) is 19.8 Å². The molecule has 3 rings (SSSR count). The van der Waals surface area contributed by atoms with Gasteiger partial charge in [-0.25, -0.2) is 4.79 Å². The summed E-state index contributed by atoms with van der Waals surface area (Å²) >= 11 is 0. The van der Waals surface area contributed by atoms with Crippen LogP contribution in [-0.2, 0) is 23.9 Å². The van der Waals surface area contributed by atoms with Crippen LogP contribution < -0.4 is 10.6 Å². The molecule has 2 heterocycles. The Bertz CT molecular complexity index is 673.